The van der Waals surface area contributed by atoms with Gasteiger partial charge in [0.05, 0.1) is 0 Å². The number of fused-ring (bicyclic) bond motifs is 1. The van der Waals surface area contributed by atoms with E-state index in [2.05, 4.69) is 22.0 Å². The van der Waals surface area contributed by atoms with Gasteiger partial charge in [-0.15, -0.1) is 12.4 Å². The largest absolute Gasteiger partial charge is 0.338 e. The fourth-order valence-corrected chi connectivity index (χ4v) is 2.57. The maximum absolute atomic E-state index is 11.7. The molecular weight excluding hydrogens is 304 g/mol. The Balaban J connectivity index is 0.00000144. The normalized spacial score (nSPS) is 13.9. The Morgan fingerprint density at radius 1 is 1.47 bits per heavy atom. The summed E-state index contributed by atoms with van der Waals surface area (Å²) >= 11 is 3.53. The van der Waals surface area contributed by atoms with E-state index < -0.39 is 0 Å². The topological polar surface area (TPSA) is 46.3 Å². The molecule has 0 fully saturated rings. The van der Waals surface area contributed by atoms with Crippen LogP contribution < -0.4 is 5.73 Å². The third-order valence-electron chi connectivity index (χ3n) is 2.93. The number of hydrogen-bond acceptors (Lipinski definition) is 2. The summed E-state index contributed by atoms with van der Waals surface area (Å²) < 4.78 is 1.09. The third kappa shape index (κ3) is 3.21. The molecule has 5 heteroatoms. The highest BCUT2D eigenvalue weighted by atomic mass is 79.9. The first-order valence-corrected chi connectivity index (χ1v) is 6.26. The summed E-state index contributed by atoms with van der Waals surface area (Å²) in [5.74, 6) is 0.156. The van der Waals surface area contributed by atoms with Crippen molar-refractivity contribution in [2.24, 2.45) is 5.73 Å². The molecule has 3 nitrogen and oxygen atoms in total. The molecule has 0 aliphatic carbocycles. The van der Waals surface area contributed by atoms with E-state index >= 15 is 0 Å². The molecule has 0 atom stereocenters. The average Bonchev–Trinajstić information content (AvgIpc) is 2.29. The van der Waals surface area contributed by atoms with Gasteiger partial charge in [-0.3, -0.25) is 4.79 Å². The van der Waals surface area contributed by atoms with Crippen LogP contribution in [0.4, 0.5) is 0 Å². The molecule has 1 heterocycles. The number of rotatable bonds is 2. The summed E-state index contributed by atoms with van der Waals surface area (Å²) in [5.41, 5.74) is 7.98. The highest BCUT2D eigenvalue weighted by Gasteiger charge is 2.21. The lowest BCUT2D eigenvalue weighted by molar-refractivity contribution is -0.131. The van der Waals surface area contributed by atoms with Crippen molar-refractivity contribution < 1.29 is 4.79 Å². The molecule has 0 unspecified atom stereocenters. The van der Waals surface area contributed by atoms with Crippen molar-refractivity contribution in [1.29, 1.82) is 0 Å². The smallest absolute Gasteiger partial charge is 0.224 e. The molecule has 1 amide bonds. The lowest BCUT2D eigenvalue weighted by Crippen LogP contribution is -2.36. The SMILES string of the molecule is Cl.NCCC(=O)N1CCc2cccc(Br)c2C1. The summed E-state index contributed by atoms with van der Waals surface area (Å²) in [4.78, 5) is 13.6. The molecule has 0 aromatic heterocycles. The van der Waals surface area contributed by atoms with Gasteiger partial charge in [-0.25, -0.2) is 0 Å². The number of halogens is 2. The van der Waals surface area contributed by atoms with Crippen LogP contribution in [0.15, 0.2) is 22.7 Å². The summed E-state index contributed by atoms with van der Waals surface area (Å²) in [6, 6.07) is 6.20. The number of nitrogens with zero attached hydrogens (tertiary/aromatic N) is 1. The molecular formula is C12H16BrClN2O. The van der Waals surface area contributed by atoms with Crippen molar-refractivity contribution in [3.63, 3.8) is 0 Å². The van der Waals surface area contributed by atoms with Crippen LogP contribution in [0.1, 0.15) is 17.5 Å². The Kier molecular flexibility index (Phi) is 5.43. The number of amides is 1. The van der Waals surface area contributed by atoms with Crippen LogP contribution in [0, 0.1) is 0 Å². The van der Waals surface area contributed by atoms with Gasteiger partial charge in [0.1, 0.15) is 0 Å². The van der Waals surface area contributed by atoms with Crippen molar-refractivity contribution >= 4 is 34.2 Å². The van der Waals surface area contributed by atoms with E-state index in [1.807, 2.05) is 17.0 Å². The molecule has 17 heavy (non-hydrogen) atoms. The highest BCUT2D eigenvalue weighted by molar-refractivity contribution is 9.10. The van der Waals surface area contributed by atoms with Crippen LogP contribution in [-0.2, 0) is 17.8 Å². The molecule has 0 spiro atoms. The zero-order valence-electron chi connectivity index (χ0n) is 9.49. The van der Waals surface area contributed by atoms with Crippen LogP contribution in [0.25, 0.3) is 0 Å². The van der Waals surface area contributed by atoms with Gasteiger partial charge in [0.2, 0.25) is 5.91 Å². The maximum Gasteiger partial charge on any atom is 0.224 e. The van der Waals surface area contributed by atoms with Gasteiger partial charge in [-0.2, -0.15) is 0 Å². The Morgan fingerprint density at radius 3 is 2.94 bits per heavy atom. The van der Waals surface area contributed by atoms with Crippen LogP contribution in [-0.4, -0.2) is 23.9 Å². The molecule has 0 radical (unpaired) electrons. The fourth-order valence-electron chi connectivity index (χ4n) is 2.03. The molecule has 1 aromatic carbocycles. The van der Waals surface area contributed by atoms with Crippen LogP contribution >= 0.6 is 28.3 Å². The minimum Gasteiger partial charge on any atom is -0.338 e. The molecule has 0 saturated heterocycles. The predicted molar refractivity (Wildman–Crippen MR) is 74.2 cm³/mol. The van der Waals surface area contributed by atoms with Crippen molar-refractivity contribution in [2.45, 2.75) is 19.4 Å². The monoisotopic (exact) mass is 318 g/mol. The van der Waals surface area contributed by atoms with E-state index in [0.29, 0.717) is 19.5 Å². The van der Waals surface area contributed by atoms with E-state index in [1.165, 1.54) is 11.1 Å². The average molecular weight is 320 g/mol. The van der Waals surface area contributed by atoms with Crippen LogP contribution in [0.3, 0.4) is 0 Å². The molecule has 2 rings (SSSR count). The number of benzene rings is 1. The van der Waals surface area contributed by atoms with E-state index in [9.17, 15) is 4.79 Å². The minimum absolute atomic E-state index is 0. The molecule has 94 valence electrons. The first kappa shape index (κ1) is 14.5. The lowest BCUT2D eigenvalue weighted by Gasteiger charge is -2.29. The first-order valence-electron chi connectivity index (χ1n) is 5.46. The number of carbonyl (C=O) groups is 1. The molecule has 0 saturated carbocycles. The summed E-state index contributed by atoms with van der Waals surface area (Å²) in [6.45, 7) is 1.94. The van der Waals surface area contributed by atoms with E-state index in [0.717, 1.165) is 17.4 Å². The van der Waals surface area contributed by atoms with Crippen LogP contribution in [0.5, 0.6) is 0 Å². The zero-order valence-corrected chi connectivity index (χ0v) is 11.9. The third-order valence-corrected chi connectivity index (χ3v) is 3.67. The van der Waals surface area contributed by atoms with Crippen molar-refractivity contribution in [1.82, 2.24) is 4.90 Å². The quantitative estimate of drug-likeness (QED) is 0.907. The van der Waals surface area contributed by atoms with Crippen molar-refractivity contribution in [3.8, 4) is 0 Å². The first-order chi connectivity index (χ1) is 7.72. The second-order valence-corrected chi connectivity index (χ2v) is 4.84. The Hall–Kier alpha value is -0.580. The standard InChI is InChI=1S/C12H15BrN2O.ClH/c13-11-3-1-2-9-5-7-15(8-10(9)11)12(16)4-6-14;/h1-3H,4-8,14H2;1H. The maximum atomic E-state index is 11.7. The summed E-state index contributed by atoms with van der Waals surface area (Å²) in [5, 5.41) is 0. The Labute approximate surface area is 116 Å². The second kappa shape index (κ2) is 6.38. The lowest BCUT2D eigenvalue weighted by atomic mass is 10.00. The molecule has 1 aromatic rings. The Bertz CT molecular complexity index is 411. The number of hydrogen-bond donors (Lipinski definition) is 1. The van der Waals surface area contributed by atoms with Crippen LogP contribution in [0.2, 0.25) is 0 Å². The van der Waals surface area contributed by atoms with Gasteiger partial charge in [0, 0.05) is 30.5 Å². The summed E-state index contributed by atoms with van der Waals surface area (Å²) in [7, 11) is 0. The van der Waals surface area contributed by atoms with Crippen molar-refractivity contribution in [3.05, 3.63) is 33.8 Å². The van der Waals surface area contributed by atoms with Gasteiger partial charge in [0.15, 0.2) is 0 Å². The number of nitrogens with two attached hydrogens (primary N) is 1. The zero-order chi connectivity index (χ0) is 11.5. The second-order valence-electron chi connectivity index (χ2n) is 3.98. The minimum atomic E-state index is 0. The van der Waals surface area contributed by atoms with E-state index in [-0.39, 0.29) is 18.3 Å². The summed E-state index contributed by atoms with van der Waals surface area (Å²) in [6.07, 6.45) is 1.38. The van der Waals surface area contributed by atoms with Gasteiger partial charge in [0.25, 0.3) is 0 Å². The molecule has 1 aliphatic rings. The molecule has 1 aliphatic heterocycles. The molecule has 0 bridgehead atoms. The molecule has 2 N–H and O–H groups in total. The Morgan fingerprint density at radius 2 is 2.24 bits per heavy atom. The van der Waals surface area contributed by atoms with Gasteiger partial charge in [-0.05, 0) is 23.6 Å². The van der Waals surface area contributed by atoms with Gasteiger partial charge in [-0.1, -0.05) is 28.1 Å². The highest BCUT2D eigenvalue weighted by Crippen LogP contribution is 2.26. The fraction of sp³-hybridized carbons (Fsp3) is 0.417. The van der Waals surface area contributed by atoms with Gasteiger partial charge < -0.3 is 10.6 Å². The number of carbonyl (C=O) groups excluding carboxylic acids is 1. The van der Waals surface area contributed by atoms with E-state index in [4.69, 9.17) is 5.73 Å². The van der Waals surface area contributed by atoms with E-state index in [1.54, 1.807) is 0 Å². The predicted octanol–water partition coefficient (Wildman–Crippen LogP) is 2.10. The van der Waals surface area contributed by atoms with Crippen molar-refractivity contribution in [2.75, 3.05) is 13.1 Å². The van der Waals surface area contributed by atoms with Gasteiger partial charge >= 0.3 is 0 Å².